The van der Waals surface area contributed by atoms with E-state index in [2.05, 4.69) is 4.98 Å². The van der Waals surface area contributed by atoms with Crippen molar-refractivity contribution >= 4 is 0 Å². The van der Waals surface area contributed by atoms with Gasteiger partial charge in [-0.3, -0.25) is 4.98 Å². The third-order valence-corrected chi connectivity index (χ3v) is 2.14. The molecule has 1 heterocycles. The molecular weight excluding hydrogens is 192 g/mol. The summed E-state index contributed by atoms with van der Waals surface area (Å²) in [6, 6.07) is 3.79. The molecule has 0 aliphatic rings. The molecule has 2 N–H and O–H groups in total. The van der Waals surface area contributed by atoms with Crippen molar-refractivity contribution in [2.75, 3.05) is 20.3 Å². The molecule has 0 aliphatic heterocycles. The molecular formula is C11H18N2O2. The molecule has 1 rings (SSSR count). The van der Waals surface area contributed by atoms with Gasteiger partial charge in [0.25, 0.3) is 0 Å². The van der Waals surface area contributed by atoms with Crippen LogP contribution in [0.1, 0.15) is 25.1 Å². The van der Waals surface area contributed by atoms with Crippen molar-refractivity contribution < 1.29 is 9.47 Å². The maximum absolute atomic E-state index is 5.84. The normalized spacial score (nSPS) is 12.5. The fraction of sp³-hybridized carbons (Fsp3) is 0.545. The van der Waals surface area contributed by atoms with Gasteiger partial charge >= 0.3 is 0 Å². The fourth-order valence-corrected chi connectivity index (χ4v) is 1.15. The van der Waals surface area contributed by atoms with Gasteiger partial charge in [-0.25, -0.2) is 0 Å². The van der Waals surface area contributed by atoms with Crippen molar-refractivity contribution in [3.05, 3.63) is 24.0 Å². The first-order chi connectivity index (χ1) is 7.27. The molecule has 1 atom stereocenters. The quantitative estimate of drug-likeness (QED) is 0.723. The Hall–Kier alpha value is -1.13. The smallest absolute Gasteiger partial charge is 0.137 e. The molecule has 1 aromatic heterocycles. The number of nitrogens with zero attached hydrogens (tertiary/aromatic N) is 1. The second-order valence-electron chi connectivity index (χ2n) is 3.27. The molecule has 84 valence electrons. The van der Waals surface area contributed by atoms with Gasteiger partial charge in [0.05, 0.1) is 18.5 Å². The maximum Gasteiger partial charge on any atom is 0.137 e. The van der Waals surface area contributed by atoms with Crippen LogP contribution >= 0.6 is 0 Å². The lowest BCUT2D eigenvalue weighted by atomic mass is 10.1. The highest BCUT2D eigenvalue weighted by atomic mass is 16.5. The van der Waals surface area contributed by atoms with Gasteiger partial charge in [-0.1, -0.05) is 6.92 Å². The highest BCUT2D eigenvalue weighted by Gasteiger charge is 2.04. The van der Waals surface area contributed by atoms with Gasteiger partial charge in [-0.15, -0.1) is 0 Å². The number of nitrogens with two attached hydrogens (primary N) is 1. The van der Waals surface area contributed by atoms with Crippen LogP contribution in [0.4, 0.5) is 0 Å². The molecule has 4 nitrogen and oxygen atoms in total. The number of methoxy groups -OCH3 is 1. The molecule has 0 bridgehead atoms. The summed E-state index contributed by atoms with van der Waals surface area (Å²) in [6.45, 7) is 3.16. The van der Waals surface area contributed by atoms with Crippen LogP contribution in [-0.2, 0) is 4.74 Å². The second kappa shape index (κ2) is 6.37. The van der Waals surface area contributed by atoms with Crippen LogP contribution in [0.15, 0.2) is 18.3 Å². The van der Waals surface area contributed by atoms with Crippen molar-refractivity contribution in [3.8, 4) is 5.75 Å². The van der Waals surface area contributed by atoms with Crippen LogP contribution in [0.3, 0.4) is 0 Å². The van der Waals surface area contributed by atoms with Crippen molar-refractivity contribution in [2.24, 2.45) is 5.73 Å². The summed E-state index contributed by atoms with van der Waals surface area (Å²) in [5.41, 5.74) is 6.74. The van der Waals surface area contributed by atoms with E-state index in [9.17, 15) is 0 Å². The first-order valence-electron chi connectivity index (χ1n) is 5.11. The second-order valence-corrected chi connectivity index (χ2v) is 3.27. The summed E-state index contributed by atoms with van der Waals surface area (Å²) in [6.07, 6.45) is 2.58. The van der Waals surface area contributed by atoms with Gasteiger partial charge in [-0.05, 0) is 18.6 Å². The van der Waals surface area contributed by atoms with E-state index >= 15 is 0 Å². The minimum atomic E-state index is 0.0121. The Bertz CT molecular complexity index is 274. The summed E-state index contributed by atoms with van der Waals surface area (Å²) in [5, 5.41) is 0. The number of aromatic nitrogens is 1. The Labute approximate surface area is 90.4 Å². The summed E-state index contributed by atoms with van der Waals surface area (Å²) >= 11 is 0. The molecule has 0 aliphatic carbocycles. The van der Waals surface area contributed by atoms with Gasteiger partial charge in [0.15, 0.2) is 0 Å². The van der Waals surface area contributed by atoms with Crippen molar-refractivity contribution in [3.63, 3.8) is 0 Å². The van der Waals surface area contributed by atoms with Crippen LogP contribution in [0.2, 0.25) is 0 Å². The SMILES string of the molecule is CC[C@H](N)c1ccc(OCCOC)cn1. The predicted molar refractivity (Wildman–Crippen MR) is 58.8 cm³/mol. The molecule has 0 amide bonds. The highest BCUT2D eigenvalue weighted by molar-refractivity contribution is 5.21. The molecule has 0 fully saturated rings. The first kappa shape index (κ1) is 11.9. The number of hydrogen-bond acceptors (Lipinski definition) is 4. The summed E-state index contributed by atoms with van der Waals surface area (Å²) in [4.78, 5) is 4.24. The Balaban J connectivity index is 2.49. The molecule has 0 saturated heterocycles. The van der Waals surface area contributed by atoms with Crippen LogP contribution in [0, 0.1) is 0 Å². The third kappa shape index (κ3) is 3.85. The average molecular weight is 210 g/mol. The maximum atomic E-state index is 5.84. The first-order valence-corrected chi connectivity index (χ1v) is 5.11. The van der Waals surface area contributed by atoms with Crippen LogP contribution in [0.25, 0.3) is 0 Å². The van der Waals surface area contributed by atoms with Crippen LogP contribution in [0.5, 0.6) is 5.75 Å². The van der Waals surface area contributed by atoms with E-state index in [1.165, 1.54) is 0 Å². The fourth-order valence-electron chi connectivity index (χ4n) is 1.15. The minimum absolute atomic E-state index is 0.0121. The van der Waals surface area contributed by atoms with E-state index in [1.54, 1.807) is 13.3 Å². The van der Waals surface area contributed by atoms with E-state index < -0.39 is 0 Å². The Morgan fingerprint density at radius 1 is 1.40 bits per heavy atom. The molecule has 15 heavy (non-hydrogen) atoms. The molecule has 4 heteroatoms. The minimum Gasteiger partial charge on any atom is -0.490 e. The van der Waals surface area contributed by atoms with E-state index in [-0.39, 0.29) is 6.04 Å². The Morgan fingerprint density at radius 2 is 2.20 bits per heavy atom. The number of pyridine rings is 1. The lowest BCUT2D eigenvalue weighted by Crippen LogP contribution is -2.10. The van der Waals surface area contributed by atoms with E-state index in [0.29, 0.717) is 13.2 Å². The monoisotopic (exact) mass is 210 g/mol. The zero-order valence-electron chi connectivity index (χ0n) is 9.27. The summed E-state index contributed by atoms with van der Waals surface area (Å²) in [7, 11) is 1.64. The van der Waals surface area contributed by atoms with E-state index in [4.69, 9.17) is 15.2 Å². The van der Waals surface area contributed by atoms with Gasteiger partial charge < -0.3 is 15.2 Å². The lowest BCUT2D eigenvalue weighted by Gasteiger charge is -2.09. The molecule has 0 spiro atoms. The third-order valence-electron chi connectivity index (χ3n) is 2.14. The standard InChI is InChI=1S/C11H18N2O2/c1-3-10(12)11-5-4-9(8-13-11)15-7-6-14-2/h4-5,8,10H,3,6-7,12H2,1-2H3/t10-/m0/s1. The van der Waals surface area contributed by atoms with Crippen molar-refractivity contribution in [1.82, 2.24) is 4.98 Å². The Morgan fingerprint density at radius 3 is 2.73 bits per heavy atom. The molecule has 0 radical (unpaired) electrons. The summed E-state index contributed by atoms with van der Waals surface area (Å²) in [5.74, 6) is 0.749. The largest absolute Gasteiger partial charge is 0.490 e. The van der Waals surface area contributed by atoms with Gasteiger partial charge in [0, 0.05) is 13.2 Å². The van der Waals surface area contributed by atoms with Crippen LogP contribution < -0.4 is 10.5 Å². The van der Waals surface area contributed by atoms with Crippen molar-refractivity contribution in [2.45, 2.75) is 19.4 Å². The lowest BCUT2D eigenvalue weighted by molar-refractivity contribution is 0.146. The number of hydrogen-bond donors (Lipinski definition) is 1. The van der Waals surface area contributed by atoms with Gasteiger partial charge in [0.1, 0.15) is 12.4 Å². The average Bonchev–Trinajstić information content (AvgIpc) is 2.29. The predicted octanol–water partition coefficient (Wildman–Crippen LogP) is 1.52. The highest BCUT2D eigenvalue weighted by Crippen LogP contribution is 2.14. The number of ether oxygens (including phenoxy) is 2. The summed E-state index contributed by atoms with van der Waals surface area (Å²) < 4.78 is 10.3. The van der Waals surface area contributed by atoms with Crippen LogP contribution in [-0.4, -0.2) is 25.3 Å². The molecule has 1 aromatic rings. The van der Waals surface area contributed by atoms with Gasteiger partial charge in [-0.2, -0.15) is 0 Å². The van der Waals surface area contributed by atoms with E-state index in [1.807, 2.05) is 19.1 Å². The molecule has 0 unspecified atom stereocenters. The van der Waals surface area contributed by atoms with Crippen molar-refractivity contribution in [1.29, 1.82) is 0 Å². The Kier molecular flexibility index (Phi) is 5.07. The topological polar surface area (TPSA) is 57.4 Å². The number of rotatable bonds is 6. The zero-order chi connectivity index (χ0) is 11.1. The van der Waals surface area contributed by atoms with Gasteiger partial charge in [0.2, 0.25) is 0 Å². The zero-order valence-corrected chi connectivity index (χ0v) is 9.27. The molecule has 0 saturated carbocycles. The van der Waals surface area contributed by atoms with E-state index in [0.717, 1.165) is 17.9 Å². The molecule has 0 aromatic carbocycles.